The van der Waals surface area contributed by atoms with E-state index < -0.39 is 10.0 Å². The fourth-order valence-electron chi connectivity index (χ4n) is 3.53. The smallest absolute Gasteiger partial charge is 0.232 e. The number of ether oxygens (including phenoxy) is 1. The number of thioether (sulfide) groups is 1. The first-order chi connectivity index (χ1) is 13.9. The second-order valence-electron chi connectivity index (χ2n) is 7.32. The molecule has 1 saturated carbocycles. The molecule has 1 aliphatic carbocycles. The van der Waals surface area contributed by atoms with Crippen LogP contribution in [0.2, 0.25) is 0 Å². The number of carbonyl (C=O) groups excluding carboxylic acids is 1. The van der Waals surface area contributed by atoms with Crippen LogP contribution in [0, 0.1) is 0 Å². The van der Waals surface area contributed by atoms with Gasteiger partial charge in [0.15, 0.2) is 0 Å². The van der Waals surface area contributed by atoms with E-state index in [1.807, 2.05) is 24.8 Å². The highest BCUT2D eigenvalue weighted by atomic mass is 32.2. The summed E-state index contributed by atoms with van der Waals surface area (Å²) in [6.07, 6.45) is 8.53. The summed E-state index contributed by atoms with van der Waals surface area (Å²) in [5.74, 6) is 1.44. The fraction of sp³-hybridized carbons (Fsp3) is 0.667. The first-order valence-electron chi connectivity index (χ1n) is 10.5. The van der Waals surface area contributed by atoms with Crippen molar-refractivity contribution in [1.29, 1.82) is 0 Å². The molecule has 1 amide bonds. The van der Waals surface area contributed by atoms with Crippen molar-refractivity contribution in [3.63, 3.8) is 0 Å². The van der Waals surface area contributed by atoms with Gasteiger partial charge in [0.25, 0.3) is 0 Å². The van der Waals surface area contributed by atoms with Crippen LogP contribution in [0.15, 0.2) is 24.3 Å². The SMILES string of the molecule is CCOc1ccccc1N(CCCC(=O)NCCSC1CCCCC1)S(C)(=O)=O. The number of hydrogen-bond acceptors (Lipinski definition) is 5. The van der Waals surface area contributed by atoms with Crippen LogP contribution in [0.25, 0.3) is 0 Å². The molecule has 2 rings (SSSR count). The molecular weight excluding hydrogens is 408 g/mol. The molecule has 1 aromatic rings. The summed E-state index contributed by atoms with van der Waals surface area (Å²) >= 11 is 1.96. The van der Waals surface area contributed by atoms with Crippen LogP contribution in [-0.2, 0) is 14.8 Å². The summed E-state index contributed by atoms with van der Waals surface area (Å²) in [6, 6.07) is 7.09. The lowest BCUT2D eigenvalue weighted by Crippen LogP contribution is -2.33. The van der Waals surface area contributed by atoms with Crippen LogP contribution in [0.3, 0.4) is 0 Å². The Hall–Kier alpha value is -1.41. The van der Waals surface area contributed by atoms with Gasteiger partial charge in [-0.25, -0.2) is 8.42 Å². The summed E-state index contributed by atoms with van der Waals surface area (Å²) < 4.78 is 31.5. The number of hydrogen-bond donors (Lipinski definition) is 1. The number of nitrogens with one attached hydrogen (secondary N) is 1. The summed E-state index contributed by atoms with van der Waals surface area (Å²) in [5, 5.41) is 3.70. The number of rotatable bonds is 12. The van der Waals surface area contributed by atoms with Crippen molar-refractivity contribution in [3.05, 3.63) is 24.3 Å². The molecule has 0 bridgehead atoms. The number of amides is 1. The van der Waals surface area contributed by atoms with Gasteiger partial charge in [0.2, 0.25) is 15.9 Å². The maximum absolute atomic E-state index is 12.3. The minimum atomic E-state index is -3.47. The quantitative estimate of drug-likeness (QED) is 0.498. The molecule has 0 unspecified atom stereocenters. The Balaban J connectivity index is 1.77. The van der Waals surface area contributed by atoms with Gasteiger partial charge in [-0.15, -0.1) is 0 Å². The third-order valence-electron chi connectivity index (χ3n) is 4.93. The van der Waals surface area contributed by atoms with E-state index in [2.05, 4.69) is 5.32 Å². The number of benzene rings is 1. The molecule has 1 aromatic carbocycles. The number of carbonyl (C=O) groups is 1. The van der Waals surface area contributed by atoms with Crippen molar-refractivity contribution in [2.75, 3.05) is 36.0 Å². The molecule has 164 valence electrons. The van der Waals surface area contributed by atoms with Gasteiger partial charge in [-0.3, -0.25) is 9.10 Å². The van der Waals surface area contributed by atoms with Crippen molar-refractivity contribution in [2.24, 2.45) is 0 Å². The molecule has 0 atom stereocenters. The Morgan fingerprint density at radius 2 is 1.97 bits per heavy atom. The Morgan fingerprint density at radius 3 is 2.66 bits per heavy atom. The Morgan fingerprint density at radius 1 is 1.24 bits per heavy atom. The molecule has 0 aliphatic heterocycles. The van der Waals surface area contributed by atoms with E-state index in [1.165, 1.54) is 42.7 Å². The molecule has 1 fully saturated rings. The van der Waals surface area contributed by atoms with Gasteiger partial charge in [-0.1, -0.05) is 31.4 Å². The molecule has 0 heterocycles. The van der Waals surface area contributed by atoms with E-state index >= 15 is 0 Å². The minimum Gasteiger partial charge on any atom is -0.492 e. The Bertz CT molecular complexity index is 734. The molecule has 1 N–H and O–H groups in total. The summed E-state index contributed by atoms with van der Waals surface area (Å²) in [6.45, 7) is 3.23. The van der Waals surface area contributed by atoms with E-state index in [1.54, 1.807) is 18.2 Å². The molecule has 6 nitrogen and oxygen atoms in total. The van der Waals surface area contributed by atoms with E-state index in [9.17, 15) is 13.2 Å². The zero-order valence-electron chi connectivity index (χ0n) is 17.6. The number of anilines is 1. The van der Waals surface area contributed by atoms with Gasteiger partial charge in [-0.2, -0.15) is 11.8 Å². The number of nitrogens with zero attached hydrogens (tertiary/aromatic N) is 1. The fourth-order valence-corrected chi connectivity index (χ4v) is 5.71. The highest BCUT2D eigenvalue weighted by Gasteiger charge is 2.21. The molecule has 29 heavy (non-hydrogen) atoms. The van der Waals surface area contributed by atoms with Crippen molar-refractivity contribution >= 4 is 33.4 Å². The lowest BCUT2D eigenvalue weighted by Gasteiger charge is -2.24. The average molecular weight is 443 g/mol. The predicted octanol–water partition coefficient (Wildman–Crippen LogP) is 3.81. The van der Waals surface area contributed by atoms with Crippen LogP contribution in [0.1, 0.15) is 51.9 Å². The average Bonchev–Trinajstić information content (AvgIpc) is 2.69. The molecule has 0 radical (unpaired) electrons. The summed E-state index contributed by atoms with van der Waals surface area (Å²) in [5.41, 5.74) is 0.515. The van der Waals surface area contributed by atoms with Gasteiger partial charge in [-0.05, 0) is 38.3 Å². The normalized spacial score (nSPS) is 15.1. The Kier molecular flexibility index (Phi) is 10.1. The van der Waals surface area contributed by atoms with Crippen LogP contribution in [0.5, 0.6) is 5.75 Å². The van der Waals surface area contributed by atoms with E-state index in [0.717, 1.165) is 11.0 Å². The molecule has 0 aromatic heterocycles. The lowest BCUT2D eigenvalue weighted by molar-refractivity contribution is -0.121. The van der Waals surface area contributed by atoms with Crippen LogP contribution in [0.4, 0.5) is 5.69 Å². The molecule has 1 aliphatic rings. The van der Waals surface area contributed by atoms with Gasteiger partial charge in [0.1, 0.15) is 5.75 Å². The van der Waals surface area contributed by atoms with Crippen molar-refractivity contribution in [1.82, 2.24) is 5.32 Å². The first-order valence-corrected chi connectivity index (χ1v) is 13.4. The molecule has 0 saturated heterocycles. The zero-order chi connectivity index (χ0) is 21.1. The highest BCUT2D eigenvalue weighted by molar-refractivity contribution is 7.99. The zero-order valence-corrected chi connectivity index (χ0v) is 19.2. The van der Waals surface area contributed by atoms with Crippen molar-refractivity contribution in [2.45, 2.75) is 57.1 Å². The standard InChI is InChI=1S/C21H34N2O4S2/c1-3-27-20-13-8-7-12-19(20)23(29(2,25)26)16-9-14-21(24)22-15-17-28-18-10-5-4-6-11-18/h7-8,12-13,18H,3-6,9-11,14-17H2,1-2H3,(H,22,24). The maximum atomic E-state index is 12.3. The maximum Gasteiger partial charge on any atom is 0.232 e. The molecular formula is C21H34N2O4S2. The lowest BCUT2D eigenvalue weighted by atomic mass is 10.0. The summed E-state index contributed by atoms with van der Waals surface area (Å²) in [7, 11) is -3.47. The van der Waals surface area contributed by atoms with Gasteiger partial charge >= 0.3 is 0 Å². The van der Waals surface area contributed by atoms with E-state index in [0.29, 0.717) is 37.4 Å². The second-order valence-corrected chi connectivity index (χ2v) is 10.6. The van der Waals surface area contributed by atoms with Crippen molar-refractivity contribution < 1.29 is 17.9 Å². The van der Waals surface area contributed by atoms with Gasteiger partial charge in [0, 0.05) is 30.5 Å². The van der Waals surface area contributed by atoms with Crippen LogP contribution >= 0.6 is 11.8 Å². The first kappa shape index (κ1) is 23.9. The van der Waals surface area contributed by atoms with E-state index in [4.69, 9.17) is 4.74 Å². The van der Waals surface area contributed by atoms with Crippen LogP contribution in [-0.4, -0.2) is 51.3 Å². The largest absolute Gasteiger partial charge is 0.492 e. The third kappa shape index (κ3) is 8.46. The van der Waals surface area contributed by atoms with Gasteiger partial charge < -0.3 is 10.1 Å². The van der Waals surface area contributed by atoms with Crippen molar-refractivity contribution in [3.8, 4) is 5.75 Å². The minimum absolute atomic E-state index is 0.0270. The number of para-hydroxylation sites is 2. The van der Waals surface area contributed by atoms with Gasteiger partial charge in [0.05, 0.1) is 18.6 Å². The molecule has 0 spiro atoms. The summed E-state index contributed by atoms with van der Waals surface area (Å²) in [4.78, 5) is 12.1. The second kappa shape index (κ2) is 12.3. The predicted molar refractivity (Wildman–Crippen MR) is 121 cm³/mol. The Labute approximate surface area is 179 Å². The monoisotopic (exact) mass is 442 g/mol. The van der Waals surface area contributed by atoms with Crippen LogP contribution < -0.4 is 14.4 Å². The third-order valence-corrected chi connectivity index (χ3v) is 7.49. The topological polar surface area (TPSA) is 75.7 Å². The number of sulfonamides is 1. The highest BCUT2D eigenvalue weighted by Crippen LogP contribution is 2.30. The van der Waals surface area contributed by atoms with E-state index in [-0.39, 0.29) is 12.5 Å². The molecule has 8 heteroatoms.